The van der Waals surface area contributed by atoms with E-state index < -0.39 is 5.60 Å². The topological polar surface area (TPSA) is 49.3 Å². The predicted octanol–water partition coefficient (Wildman–Crippen LogP) is 2.68. The van der Waals surface area contributed by atoms with E-state index in [1.165, 1.54) is 0 Å². The Hall–Kier alpha value is -1.52. The van der Waals surface area contributed by atoms with Crippen LogP contribution in [0.4, 0.5) is 0 Å². The fraction of sp³-hybridized carbons (Fsp3) is 0.312. The Labute approximate surface area is 123 Å². The molecule has 1 unspecified atom stereocenters. The highest BCUT2D eigenvalue weighted by molar-refractivity contribution is 7.98. The maximum Gasteiger partial charge on any atom is 0.251 e. The van der Waals surface area contributed by atoms with Gasteiger partial charge in [-0.1, -0.05) is 30.3 Å². The number of hydrogen-bond donors (Lipinski definition) is 2. The molecule has 1 atom stereocenters. The number of carbonyl (C=O) groups excluding carboxylic acids is 1. The molecule has 2 aromatic rings. The molecule has 0 heterocycles. The van der Waals surface area contributed by atoms with Gasteiger partial charge in [0, 0.05) is 17.9 Å². The number of rotatable bonds is 5. The van der Waals surface area contributed by atoms with Crippen molar-refractivity contribution in [1.29, 1.82) is 0 Å². The normalized spacial score (nSPS) is 13.9. The second kappa shape index (κ2) is 6.29. The van der Waals surface area contributed by atoms with Crippen LogP contribution in [0.1, 0.15) is 17.3 Å². The number of nitrogens with one attached hydrogen (secondary N) is 1. The first-order valence-corrected chi connectivity index (χ1v) is 7.89. The van der Waals surface area contributed by atoms with Crippen LogP contribution >= 0.6 is 11.8 Å². The van der Waals surface area contributed by atoms with Crippen molar-refractivity contribution >= 4 is 28.4 Å². The number of aliphatic hydroxyl groups is 1. The number of hydrogen-bond acceptors (Lipinski definition) is 3. The summed E-state index contributed by atoms with van der Waals surface area (Å²) in [6, 6.07) is 13.5. The monoisotopic (exact) mass is 289 g/mol. The van der Waals surface area contributed by atoms with E-state index in [1.807, 2.05) is 42.7 Å². The minimum Gasteiger partial charge on any atom is -0.387 e. The molecule has 0 aliphatic carbocycles. The zero-order chi connectivity index (χ0) is 14.6. The lowest BCUT2D eigenvalue weighted by molar-refractivity contribution is 0.0725. The molecule has 0 aromatic heterocycles. The van der Waals surface area contributed by atoms with E-state index >= 15 is 0 Å². The minimum atomic E-state index is -0.883. The number of fused-ring (bicyclic) bond motifs is 1. The molecule has 0 radical (unpaired) electrons. The molecule has 0 aliphatic heterocycles. The van der Waals surface area contributed by atoms with Crippen molar-refractivity contribution in [3.63, 3.8) is 0 Å². The largest absolute Gasteiger partial charge is 0.387 e. The van der Waals surface area contributed by atoms with Gasteiger partial charge >= 0.3 is 0 Å². The lowest BCUT2D eigenvalue weighted by Gasteiger charge is -2.22. The van der Waals surface area contributed by atoms with Crippen molar-refractivity contribution in [3.8, 4) is 0 Å². The molecule has 3 nitrogen and oxygen atoms in total. The second-order valence-corrected chi connectivity index (χ2v) is 6.04. The summed E-state index contributed by atoms with van der Waals surface area (Å²) in [5.74, 6) is 0.433. The zero-order valence-corrected chi connectivity index (χ0v) is 12.5. The molecule has 20 heavy (non-hydrogen) atoms. The molecule has 106 valence electrons. The smallest absolute Gasteiger partial charge is 0.251 e. The summed E-state index contributed by atoms with van der Waals surface area (Å²) < 4.78 is 0. The van der Waals surface area contributed by atoms with Crippen LogP contribution < -0.4 is 5.32 Å². The van der Waals surface area contributed by atoms with Crippen LogP contribution in [0.2, 0.25) is 0 Å². The van der Waals surface area contributed by atoms with E-state index in [-0.39, 0.29) is 12.5 Å². The third-order valence-corrected chi connectivity index (χ3v) is 4.01. The third kappa shape index (κ3) is 3.74. The van der Waals surface area contributed by atoms with Gasteiger partial charge in [-0.3, -0.25) is 4.79 Å². The molecule has 0 fully saturated rings. The standard InChI is InChI=1S/C16H19NO2S/c1-16(19,11-20-2)10-17-15(18)14-8-7-12-5-3-4-6-13(12)9-14/h3-9,19H,10-11H2,1-2H3,(H,17,18). The lowest BCUT2D eigenvalue weighted by atomic mass is 10.1. The molecule has 0 bridgehead atoms. The van der Waals surface area contributed by atoms with Gasteiger partial charge in [-0.2, -0.15) is 11.8 Å². The van der Waals surface area contributed by atoms with Crippen LogP contribution in [0.3, 0.4) is 0 Å². The number of amides is 1. The van der Waals surface area contributed by atoms with Gasteiger partial charge in [0.1, 0.15) is 0 Å². The maximum atomic E-state index is 12.1. The molecule has 1 amide bonds. The van der Waals surface area contributed by atoms with Gasteiger partial charge < -0.3 is 10.4 Å². The van der Waals surface area contributed by atoms with E-state index in [4.69, 9.17) is 0 Å². The molecule has 0 saturated heterocycles. The summed E-state index contributed by atoms with van der Waals surface area (Å²) in [5.41, 5.74) is -0.269. The van der Waals surface area contributed by atoms with E-state index in [0.29, 0.717) is 11.3 Å². The number of benzene rings is 2. The van der Waals surface area contributed by atoms with E-state index in [1.54, 1.807) is 24.8 Å². The third-order valence-electron chi connectivity index (χ3n) is 3.10. The van der Waals surface area contributed by atoms with Crippen LogP contribution in [0.15, 0.2) is 42.5 Å². The minimum absolute atomic E-state index is 0.155. The van der Waals surface area contributed by atoms with Crippen molar-refractivity contribution in [2.75, 3.05) is 18.6 Å². The molecule has 0 aliphatic rings. The molecule has 2 rings (SSSR count). The summed E-state index contributed by atoms with van der Waals surface area (Å²) in [6.07, 6.45) is 1.93. The van der Waals surface area contributed by atoms with Gasteiger partial charge in [-0.25, -0.2) is 0 Å². The van der Waals surface area contributed by atoms with Crippen molar-refractivity contribution in [2.24, 2.45) is 0 Å². The van der Waals surface area contributed by atoms with Gasteiger partial charge in [0.05, 0.1) is 5.60 Å². The Morgan fingerprint density at radius 3 is 2.65 bits per heavy atom. The quantitative estimate of drug-likeness (QED) is 0.889. The summed E-state index contributed by atoms with van der Waals surface area (Å²) in [5, 5.41) is 15.0. The summed E-state index contributed by atoms with van der Waals surface area (Å²) >= 11 is 1.56. The van der Waals surface area contributed by atoms with Crippen LogP contribution in [0, 0.1) is 0 Å². The average Bonchev–Trinajstić information content (AvgIpc) is 2.44. The Bertz CT molecular complexity index is 610. The van der Waals surface area contributed by atoms with E-state index in [0.717, 1.165) is 10.8 Å². The van der Waals surface area contributed by atoms with Crippen molar-refractivity contribution in [3.05, 3.63) is 48.0 Å². The average molecular weight is 289 g/mol. The van der Waals surface area contributed by atoms with Crippen molar-refractivity contribution < 1.29 is 9.90 Å². The second-order valence-electron chi connectivity index (χ2n) is 5.17. The van der Waals surface area contributed by atoms with Crippen LogP contribution in [-0.2, 0) is 0 Å². The van der Waals surface area contributed by atoms with Gasteiger partial charge in [0.15, 0.2) is 0 Å². The first kappa shape index (κ1) is 14.9. The van der Waals surface area contributed by atoms with E-state index in [2.05, 4.69) is 5.32 Å². The summed E-state index contributed by atoms with van der Waals surface area (Å²) in [6.45, 7) is 1.98. The fourth-order valence-electron chi connectivity index (χ4n) is 2.07. The predicted molar refractivity (Wildman–Crippen MR) is 85.3 cm³/mol. The highest BCUT2D eigenvalue weighted by Crippen LogP contribution is 2.16. The zero-order valence-electron chi connectivity index (χ0n) is 11.7. The van der Waals surface area contributed by atoms with Crippen LogP contribution in [-0.4, -0.2) is 35.2 Å². The molecule has 0 spiro atoms. The maximum absolute atomic E-state index is 12.1. The Morgan fingerprint density at radius 2 is 1.95 bits per heavy atom. The first-order chi connectivity index (χ1) is 9.52. The van der Waals surface area contributed by atoms with Crippen LogP contribution in [0.5, 0.6) is 0 Å². The van der Waals surface area contributed by atoms with Gasteiger partial charge in [-0.15, -0.1) is 0 Å². The molecule has 4 heteroatoms. The number of thioether (sulfide) groups is 1. The Morgan fingerprint density at radius 1 is 1.25 bits per heavy atom. The fourth-order valence-corrected chi connectivity index (χ4v) is 2.79. The van der Waals surface area contributed by atoms with Gasteiger partial charge in [0.2, 0.25) is 0 Å². The molecular weight excluding hydrogens is 270 g/mol. The molecular formula is C16H19NO2S. The summed E-state index contributed by atoms with van der Waals surface area (Å²) in [7, 11) is 0. The Balaban J connectivity index is 2.08. The molecule has 0 saturated carbocycles. The summed E-state index contributed by atoms with van der Waals surface area (Å²) in [4.78, 5) is 12.1. The molecule has 2 aromatic carbocycles. The van der Waals surface area contributed by atoms with Gasteiger partial charge in [0.25, 0.3) is 5.91 Å². The highest BCUT2D eigenvalue weighted by Gasteiger charge is 2.20. The van der Waals surface area contributed by atoms with Crippen LogP contribution in [0.25, 0.3) is 10.8 Å². The Kier molecular flexibility index (Phi) is 4.68. The van der Waals surface area contributed by atoms with E-state index in [9.17, 15) is 9.90 Å². The van der Waals surface area contributed by atoms with Gasteiger partial charge in [-0.05, 0) is 36.1 Å². The van der Waals surface area contributed by atoms with Crippen molar-refractivity contribution in [2.45, 2.75) is 12.5 Å². The lowest BCUT2D eigenvalue weighted by Crippen LogP contribution is -2.42. The van der Waals surface area contributed by atoms with Crippen molar-refractivity contribution in [1.82, 2.24) is 5.32 Å². The SMILES string of the molecule is CSCC(C)(O)CNC(=O)c1ccc2ccccc2c1. The molecule has 2 N–H and O–H groups in total. The number of carbonyl (C=O) groups is 1. The highest BCUT2D eigenvalue weighted by atomic mass is 32.2. The first-order valence-electron chi connectivity index (χ1n) is 6.50.